The Hall–Kier alpha value is -2.56. The van der Waals surface area contributed by atoms with Crippen LogP contribution in [-0.4, -0.2) is 22.0 Å². The van der Waals surface area contributed by atoms with E-state index in [9.17, 15) is 0 Å². The molecule has 5 heteroatoms. The first-order chi connectivity index (χ1) is 8.92. The highest BCUT2D eigenvalue weighted by Crippen LogP contribution is 2.41. The van der Waals surface area contributed by atoms with Crippen molar-refractivity contribution in [3.8, 4) is 22.8 Å². The van der Waals surface area contributed by atoms with Crippen LogP contribution in [0.5, 0.6) is 11.5 Å². The molecule has 1 aliphatic rings. The predicted octanol–water partition coefficient (Wildman–Crippen LogP) is 2.35. The molecule has 1 N–H and O–H groups in total. The van der Waals surface area contributed by atoms with E-state index >= 15 is 0 Å². The van der Waals surface area contributed by atoms with Crippen LogP contribution in [0.2, 0.25) is 0 Å². The Bertz CT molecular complexity index is 703. The largest absolute Gasteiger partial charge is 0.454 e. The summed E-state index contributed by atoms with van der Waals surface area (Å²) in [5.74, 6) is 1.55. The van der Waals surface area contributed by atoms with Crippen molar-refractivity contribution in [2.24, 2.45) is 0 Å². The highest BCUT2D eigenvalue weighted by Gasteiger charge is 2.19. The Morgan fingerprint density at radius 2 is 2.17 bits per heavy atom. The zero-order chi connectivity index (χ0) is 11.9. The van der Waals surface area contributed by atoms with Gasteiger partial charge in [0, 0.05) is 10.9 Å². The van der Waals surface area contributed by atoms with Crippen LogP contribution in [0.25, 0.3) is 22.3 Å². The molecule has 0 radical (unpaired) electrons. The lowest BCUT2D eigenvalue weighted by Gasteiger charge is -2.02. The fraction of sp³-hybridized carbons (Fsp3) is 0.0769. The van der Waals surface area contributed by atoms with Crippen LogP contribution in [0.15, 0.2) is 36.5 Å². The van der Waals surface area contributed by atoms with Crippen molar-refractivity contribution >= 4 is 11.0 Å². The second kappa shape index (κ2) is 3.46. The molecule has 0 atom stereocenters. The van der Waals surface area contributed by atoms with Gasteiger partial charge in [0.1, 0.15) is 0 Å². The molecule has 3 aromatic rings. The van der Waals surface area contributed by atoms with Crippen LogP contribution in [-0.2, 0) is 0 Å². The van der Waals surface area contributed by atoms with E-state index in [2.05, 4.69) is 15.2 Å². The first-order valence-corrected chi connectivity index (χ1v) is 5.61. The number of hydrogen-bond donors (Lipinski definition) is 1. The van der Waals surface area contributed by atoms with Crippen LogP contribution >= 0.6 is 0 Å². The zero-order valence-electron chi connectivity index (χ0n) is 9.38. The number of para-hydroxylation sites is 1. The van der Waals surface area contributed by atoms with Crippen molar-refractivity contribution in [2.75, 3.05) is 6.79 Å². The Morgan fingerprint density at radius 1 is 1.17 bits per heavy atom. The summed E-state index contributed by atoms with van der Waals surface area (Å²) in [5, 5.41) is 8.92. The van der Waals surface area contributed by atoms with E-state index in [0.29, 0.717) is 0 Å². The van der Waals surface area contributed by atoms with Crippen LogP contribution in [0.4, 0.5) is 0 Å². The van der Waals surface area contributed by atoms with Gasteiger partial charge < -0.3 is 14.5 Å². The number of nitrogens with zero attached hydrogens (tertiary/aromatic N) is 2. The number of H-pyrrole nitrogens is 1. The second-order valence-electron chi connectivity index (χ2n) is 4.06. The van der Waals surface area contributed by atoms with Gasteiger partial charge in [0.05, 0.1) is 11.9 Å². The molecule has 0 fully saturated rings. The number of fused-ring (bicyclic) bond motifs is 2. The van der Waals surface area contributed by atoms with E-state index in [-0.39, 0.29) is 6.79 Å². The Balaban J connectivity index is 1.95. The fourth-order valence-electron chi connectivity index (χ4n) is 2.16. The molecule has 3 heterocycles. The summed E-state index contributed by atoms with van der Waals surface area (Å²) in [5.41, 5.74) is 2.69. The summed E-state index contributed by atoms with van der Waals surface area (Å²) in [6, 6.07) is 9.78. The molecule has 5 nitrogen and oxygen atoms in total. The van der Waals surface area contributed by atoms with Crippen LogP contribution in [0, 0.1) is 0 Å². The van der Waals surface area contributed by atoms with Gasteiger partial charge in [-0.15, -0.1) is 5.10 Å². The van der Waals surface area contributed by atoms with Gasteiger partial charge in [0.25, 0.3) is 0 Å². The molecule has 1 aliphatic heterocycles. The van der Waals surface area contributed by atoms with Gasteiger partial charge in [-0.25, -0.2) is 0 Å². The highest BCUT2D eigenvalue weighted by molar-refractivity contribution is 5.85. The molecule has 2 aromatic heterocycles. The number of nitrogens with one attached hydrogen (secondary N) is 1. The molecule has 88 valence electrons. The molecule has 0 amide bonds. The summed E-state index contributed by atoms with van der Waals surface area (Å²) >= 11 is 0. The maximum absolute atomic E-state index is 5.50. The summed E-state index contributed by atoms with van der Waals surface area (Å²) in [6.45, 7) is 0.270. The topological polar surface area (TPSA) is 60.0 Å². The van der Waals surface area contributed by atoms with Crippen molar-refractivity contribution in [3.05, 3.63) is 36.5 Å². The fourth-order valence-corrected chi connectivity index (χ4v) is 2.16. The van der Waals surface area contributed by atoms with E-state index in [1.807, 2.05) is 30.3 Å². The molecule has 0 bridgehead atoms. The number of ether oxygens (including phenoxy) is 2. The lowest BCUT2D eigenvalue weighted by atomic mass is 10.1. The third-order valence-electron chi connectivity index (χ3n) is 2.99. The molecule has 0 unspecified atom stereocenters. The van der Waals surface area contributed by atoms with Crippen molar-refractivity contribution < 1.29 is 9.47 Å². The lowest BCUT2D eigenvalue weighted by Crippen LogP contribution is -1.93. The minimum atomic E-state index is 0.270. The van der Waals surface area contributed by atoms with Crippen molar-refractivity contribution in [2.45, 2.75) is 0 Å². The monoisotopic (exact) mass is 239 g/mol. The summed E-state index contributed by atoms with van der Waals surface area (Å²) < 4.78 is 10.9. The van der Waals surface area contributed by atoms with Crippen LogP contribution < -0.4 is 9.47 Å². The average molecular weight is 239 g/mol. The Morgan fingerprint density at radius 3 is 3.11 bits per heavy atom. The smallest absolute Gasteiger partial charge is 0.231 e. The maximum Gasteiger partial charge on any atom is 0.231 e. The maximum atomic E-state index is 5.50. The normalized spacial score (nSPS) is 13.1. The molecule has 0 aliphatic carbocycles. The average Bonchev–Trinajstić information content (AvgIpc) is 3.04. The van der Waals surface area contributed by atoms with Gasteiger partial charge in [-0.2, -0.15) is 5.10 Å². The number of benzene rings is 1. The molecular weight excluding hydrogens is 230 g/mol. The van der Waals surface area contributed by atoms with E-state index in [1.54, 1.807) is 6.20 Å². The summed E-state index contributed by atoms with van der Waals surface area (Å²) in [7, 11) is 0. The van der Waals surface area contributed by atoms with Crippen LogP contribution in [0.3, 0.4) is 0 Å². The van der Waals surface area contributed by atoms with E-state index in [4.69, 9.17) is 9.47 Å². The number of aromatic amines is 1. The quantitative estimate of drug-likeness (QED) is 0.708. The SMILES string of the molecule is c1cc2c(c(-c3cc4ccnnc4[nH]3)c1)OCO2. The standard InChI is InChI=1S/C13H9N3O2/c1-2-9(12-11(3-1)17-7-18-12)10-6-8-4-5-14-16-13(8)15-10/h1-6H,7H2,(H,15,16). The minimum absolute atomic E-state index is 0.270. The molecule has 0 saturated carbocycles. The third kappa shape index (κ3) is 1.27. The van der Waals surface area contributed by atoms with Gasteiger partial charge in [-0.3, -0.25) is 0 Å². The molecular formula is C13H9N3O2. The van der Waals surface area contributed by atoms with Crippen molar-refractivity contribution in [1.29, 1.82) is 0 Å². The van der Waals surface area contributed by atoms with Crippen LogP contribution in [0.1, 0.15) is 0 Å². The first kappa shape index (κ1) is 9.47. The van der Waals surface area contributed by atoms with E-state index in [1.165, 1.54) is 0 Å². The number of hydrogen-bond acceptors (Lipinski definition) is 4. The first-order valence-electron chi connectivity index (χ1n) is 5.61. The second-order valence-corrected chi connectivity index (χ2v) is 4.06. The summed E-state index contributed by atoms with van der Waals surface area (Å²) in [6.07, 6.45) is 1.68. The minimum Gasteiger partial charge on any atom is -0.454 e. The lowest BCUT2D eigenvalue weighted by molar-refractivity contribution is 0.174. The van der Waals surface area contributed by atoms with Crippen molar-refractivity contribution in [1.82, 2.24) is 15.2 Å². The van der Waals surface area contributed by atoms with Gasteiger partial charge in [-0.05, 0) is 24.3 Å². The molecule has 18 heavy (non-hydrogen) atoms. The molecule has 0 saturated heterocycles. The number of rotatable bonds is 1. The third-order valence-corrected chi connectivity index (χ3v) is 2.99. The summed E-state index contributed by atoms with van der Waals surface area (Å²) in [4.78, 5) is 3.23. The van der Waals surface area contributed by atoms with Gasteiger partial charge in [0.15, 0.2) is 17.1 Å². The molecule has 4 rings (SSSR count). The Labute approximate surface area is 102 Å². The predicted molar refractivity (Wildman–Crippen MR) is 65.4 cm³/mol. The highest BCUT2D eigenvalue weighted by atomic mass is 16.7. The van der Waals surface area contributed by atoms with Gasteiger partial charge in [0.2, 0.25) is 6.79 Å². The van der Waals surface area contributed by atoms with Gasteiger partial charge >= 0.3 is 0 Å². The van der Waals surface area contributed by atoms with Gasteiger partial charge in [-0.1, -0.05) is 6.07 Å². The van der Waals surface area contributed by atoms with E-state index < -0.39 is 0 Å². The number of aromatic nitrogens is 3. The Kier molecular flexibility index (Phi) is 1.82. The van der Waals surface area contributed by atoms with Crippen molar-refractivity contribution in [3.63, 3.8) is 0 Å². The van der Waals surface area contributed by atoms with E-state index in [0.717, 1.165) is 33.8 Å². The molecule has 1 aromatic carbocycles. The zero-order valence-corrected chi connectivity index (χ0v) is 9.38. The molecule has 0 spiro atoms.